The summed E-state index contributed by atoms with van der Waals surface area (Å²) in [6.07, 6.45) is 8.11. The molecule has 7 heteroatoms. The normalized spacial score (nSPS) is 46.7. The molecule has 7 rings (SSSR count). The number of allylic oxidation sites excluding steroid dienone is 2. The van der Waals surface area contributed by atoms with Gasteiger partial charge < -0.3 is 25.1 Å². The van der Waals surface area contributed by atoms with Crippen LogP contribution in [-0.4, -0.2) is 53.0 Å². The molecule has 6 aliphatic rings. The maximum absolute atomic E-state index is 13.5. The number of benzene rings is 1. The van der Waals surface area contributed by atoms with Crippen molar-refractivity contribution in [3.8, 4) is 0 Å². The molecule has 3 N–H and O–H groups in total. The Hall–Kier alpha value is -2.32. The van der Waals surface area contributed by atoms with Gasteiger partial charge in [0.2, 0.25) is 0 Å². The van der Waals surface area contributed by atoms with Crippen LogP contribution in [0.2, 0.25) is 0 Å². The molecule has 2 saturated heterocycles. The van der Waals surface area contributed by atoms with Crippen molar-refractivity contribution in [2.24, 2.45) is 23.2 Å². The van der Waals surface area contributed by atoms with E-state index < -0.39 is 35.6 Å². The Morgan fingerprint density at radius 1 is 1.23 bits per heavy atom. The molecule has 0 amide bonds. The minimum Gasteiger partial charge on any atom is -0.399 e. The van der Waals surface area contributed by atoms with Crippen molar-refractivity contribution in [2.75, 3.05) is 12.3 Å². The van der Waals surface area contributed by atoms with Crippen molar-refractivity contribution in [2.45, 2.75) is 68.7 Å². The Balaban J connectivity index is 1.22. The van der Waals surface area contributed by atoms with Gasteiger partial charge in [0.25, 0.3) is 0 Å². The van der Waals surface area contributed by atoms with Crippen LogP contribution in [0.5, 0.6) is 0 Å². The van der Waals surface area contributed by atoms with E-state index in [-0.39, 0.29) is 23.6 Å². The number of aliphatic hydroxyl groups is 1. The molecule has 0 radical (unpaired) electrons. The maximum atomic E-state index is 13.5. The Bertz CT molecular complexity index is 1170. The van der Waals surface area contributed by atoms with Crippen LogP contribution in [0.3, 0.4) is 0 Å². The molecule has 35 heavy (non-hydrogen) atoms. The molecule has 9 atom stereocenters. The lowest BCUT2D eigenvalue weighted by Crippen LogP contribution is -2.72. The first-order valence-electron chi connectivity index (χ1n) is 12.7. The number of Topliss-reactive ketones (excluding diaryl/α,β-unsaturated/α-hetero) is 1. The van der Waals surface area contributed by atoms with Gasteiger partial charge in [-0.3, -0.25) is 9.59 Å². The van der Waals surface area contributed by atoms with Crippen LogP contribution in [0.4, 0.5) is 5.69 Å². The average molecular weight is 478 g/mol. The molecule has 1 aromatic carbocycles. The predicted octanol–water partition coefficient (Wildman–Crippen LogP) is 2.51. The molecule has 2 aliphatic heterocycles. The molecule has 1 aromatic rings. The second-order valence-corrected chi connectivity index (χ2v) is 11.5. The molecule has 1 spiro atoms. The fourth-order valence-electron chi connectivity index (χ4n) is 8.74. The molecule has 5 fully saturated rings. The van der Waals surface area contributed by atoms with Crippen molar-refractivity contribution in [3.05, 3.63) is 53.6 Å². The van der Waals surface area contributed by atoms with Gasteiger partial charge in [0, 0.05) is 23.4 Å². The minimum absolute atomic E-state index is 0.00957. The first kappa shape index (κ1) is 21.9. The summed E-state index contributed by atoms with van der Waals surface area (Å²) in [5, 5.41) is 10.1. The van der Waals surface area contributed by atoms with E-state index >= 15 is 0 Å². The quantitative estimate of drug-likeness (QED) is 0.642. The molecule has 4 aliphatic carbocycles. The average Bonchev–Trinajstić information content (AvgIpc) is 3.31. The van der Waals surface area contributed by atoms with Gasteiger partial charge in [0.05, 0.1) is 12.2 Å². The van der Waals surface area contributed by atoms with Gasteiger partial charge in [0.15, 0.2) is 23.5 Å². The highest BCUT2D eigenvalue weighted by molar-refractivity contribution is 6.01. The third kappa shape index (κ3) is 2.65. The molecule has 0 bridgehead atoms. The van der Waals surface area contributed by atoms with Crippen LogP contribution >= 0.6 is 0 Å². The van der Waals surface area contributed by atoms with E-state index in [1.165, 1.54) is 0 Å². The van der Waals surface area contributed by atoms with Crippen LogP contribution in [0.15, 0.2) is 48.1 Å². The zero-order chi connectivity index (χ0) is 24.2. The van der Waals surface area contributed by atoms with E-state index in [1.807, 2.05) is 30.3 Å². The number of carbonyl (C=O) groups is 2. The van der Waals surface area contributed by atoms with Crippen LogP contribution < -0.4 is 5.73 Å². The Kier molecular flexibility index (Phi) is 4.46. The zero-order valence-electron chi connectivity index (χ0n) is 19.8. The number of rotatable bonds is 4. The topological polar surface area (TPSA) is 108 Å². The van der Waals surface area contributed by atoms with Crippen LogP contribution in [0.25, 0.3) is 0 Å². The Morgan fingerprint density at radius 3 is 2.80 bits per heavy atom. The van der Waals surface area contributed by atoms with Crippen LogP contribution in [0.1, 0.15) is 38.2 Å². The third-order valence-electron chi connectivity index (χ3n) is 10.1. The van der Waals surface area contributed by atoms with Gasteiger partial charge in [-0.1, -0.05) is 19.1 Å². The van der Waals surface area contributed by atoms with E-state index in [4.69, 9.17) is 19.9 Å². The molecular weight excluding hydrogens is 446 g/mol. The zero-order valence-corrected chi connectivity index (χ0v) is 19.8. The van der Waals surface area contributed by atoms with Crippen LogP contribution in [-0.2, 0) is 30.2 Å². The van der Waals surface area contributed by atoms with Gasteiger partial charge in [-0.05, 0) is 79.0 Å². The largest absolute Gasteiger partial charge is 0.399 e. The van der Waals surface area contributed by atoms with E-state index in [0.717, 1.165) is 30.4 Å². The van der Waals surface area contributed by atoms with E-state index in [2.05, 4.69) is 6.92 Å². The number of nitrogens with two attached hydrogens (primary N) is 1. The molecule has 2 heterocycles. The predicted molar refractivity (Wildman–Crippen MR) is 126 cm³/mol. The first-order valence-corrected chi connectivity index (χ1v) is 12.7. The van der Waals surface area contributed by atoms with Crippen LogP contribution in [0, 0.1) is 23.2 Å². The van der Waals surface area contributed by atoms with E-state index in [0.29, 0.717) is 30.4 Å². The number of anilines is 1. The van der Waals surface area contributed by atoms with E-state index in [1.54, 1.807) is 12.2 Å². The van der Waals surface area contributed by atoms with Gasteiger partial charge in [0.1, 0.15) is 12.2 Å². The Labute approximate surface area is 204 Å². The van der Waals surface area contributed by atoms with Gasteiger partial charge in [-0.15, -0.1) is 0 Å². The number of fused-ring (bicyclic) bond motifs is 4. The summed E-state index contributed by atoms with van der Waals surface area (Å²) in [4.78, 5) is 25.5. The lowest BCUT2D eigenvalue weighted by atomic mass is 9.46. The molecular formula is C28H31NO6. The second kappa shape index (κ2) is 7.13. The highest BCUT2D eigenvalue weighted by Gasteiger charge is 2.78. The highest BCUT2D eigenvalue weighted by atomic mass is 16.7. The third-order valence-corrected chi connectivity index (χ3v) is 10.1. The number of ether oxygens (including phenoxy) is 3. The first-order chi connectivity index (χ1) is 16.8. The van der Waals surface area contributed by atoms with Crippen molar-refractivity contribution in [1.29, 1.82) is 0 Å². The number of ketones is 2. The van der Waals surface area contributed by atoms with Crippen molar-refractivity contribution in [3.63, 3.8) is 0 Å². The summed E-state index contributed by atoms with van der Waals surface area (Å²) < 4.78 is 19.6. The summed E-state index contributed by atoms with van der Waals surface area (Å²) in [5.41, 5.74) is 6.49. The van der Waals surface area contributed by atoms with Crippen molar-refractivity contribution >= 4 is 17.3 Å². The Morgan fingerprint density at radius 2 is 2.03 bits per heavy atom. The standard InChI is InChI=1S/C28H31NO6/c1-26-13-21-25-19(7-4-16-11-18(31)8-9-27(16,25)34-21)20(26)12-23-28(26,22(32)14-30)35-24(33-23)10-15-2-5-17(29)6-3-15/h2-3,5-6,8-9,11,19-21,23-25,30H,4,7,10,12-14,29H2,1H3. The van der Waals surface area contributed by atoms with Crippen molar-refractivity contribution in [1.82, 2.24) is 0 Å². The number of carbonyl (C=O) groups excluding carboxylic acids is 2. The monoisotopic (exact) mass is 477 g/mol. The van der Waals surface area contributed by atoms with Gasteiger partial charge >= 0.3 is 0 Å². The number of hydrogen-bond donors (Lipinski definition) is 2. The van der Waals surface area contributed by atoms with Gasteiger partial charge in [-0.25, -0.2) is 0 Å². The lowest BCUT2D eigenvalue weighted by Gasteiger charge is -2.68. The summed E-state index contributed by atoms with van der Waals surface area (Å²) >= 11 is 0. The number of hydrogen-bond acceptors (Lipinski definition) is 7. The molecule has 7 nitrogen and oxygen atoms in total. The lowest BCUT2D eigenvalue weighted by molar-refractivity contribution is -0.300. The number of nitrogen functional groups attached to an aromatic ring is 1. The van der Waals surface area contributed by atoms with E-state index in [9.17, 15) is 14.7 Å². The summed E-state index contributed by atoms with van der Waals surface area (Å²) in [5.74, 6) is 0.609. The highest BCUT2D eigenvalue weighted by Crippen LogP contribution is 2.72. The number of aliphatic hydroxyl groups excluding tert-OH is 1. The van der Waals surface area contributed by atoms with Gasteiger partial charge in [-0.2, -0.15) is 0 Å². The fourth-order valence-corrected chi connectivity index (χ4v) is 8.74. The molecule has 184 valence electrons. The second-order valence-electron chi connectivity index (χ2n) is 11.5. The molecule has 9 unspecified atom stereocenters. The SMILES string of the molecule is CC12CC3OC45C=CC(=O)C=C4CCC(C35)C1CC1OC(Cc3ccc(N)cc3)OC12C(=O)CO. The molecule has 0 aromatic heterocycles. The smallest absolute Gasteiger partial charge is 0.193 e. The summed E-state index contributed by atoms with van der Waals surface area (Å²) in [6, 6.07) is 7.59. The molecule has 3 saturated carbocycles. The minimum atomic E-state index is -1.18. The fraction of sp³-hybridized carbons (Fsp3) is 0.571. The summed E-state index contributed by atoms with van der Waals surface area (Å²) in [7, 11) is 0. The summed E-state index contributed by atoms with van der Waals surface area (Å²) in [6.45, 7) is 1.58. The maximum Gasteiger partial charge on any atom is 0.193 e. The van der Waals surface area contributed by atoms with Crippen molar-refractivity contribution < 1.29 is 28.9 Å².